The normalized spacial score (nSPS) is 18.7. The van der Waals surface area contributed by atoms with Crippen molar-refractivity contribution in [3.63, 3.8) is 0 Å². The molecule has 1 aromatic carbocycles. The van der Waals surface area contributed by atoms with Gasteiger partial charge in [-0.3, -0.25) is 14.2 Å². The van der Waals surface area contributed by atoms with Gasteiger partial charge in [-0.25, -0.2) is 4.98 Å². The van der Waals surface area contributed by atoms with Crippen molar-refractivity contribution in [2.75, 3.05) is 6.54 Å². The van der Waals surface area contributed by atoms with Gasteiger partial charge in [0, 0.05) is 17.6 Å². The molecule has 0 bridgehead atoms. The summed E-state index contributed by atoms with van der Waals surface area (Å²) in [6, 6.07) is 5.50. The smallest absolute Gasteiger partial charge is 0.262 e. The number of halogens is 1. The summed E-state index contributed by atoms with van der Waals surface area (Å²) in [7, 11) is 0. The second-order valence-electron chi connectivity index (χ2n) is 5.50. The van der Waals surface area contributed by atoms with Gasteiger partial charge >= 0.3 is 0 Å². The average Bonchev–Trinajstić information content (AvgIpc) is 2.73. The van der Waals surface area contributed by atoms with E-state index in [2.05, 4.69) is 26.2 Å². The third-order valence-electron chi connectivity index (χ3n) is 3.93. The van der Waals surface area contributed by atoms with Gasteiger partial charge in [0.05, 0.1) is 16.2 Å². The lowest BCUT2D eigenvalue weighted by Gasteiger charge is -2.16. The minimum absolute atomic E-state index is 0.0419. The lowest BCUT2D eigenvalue weighted by Crippen LogP contribution is -2.32. The maximum atomic E-state index is 12.7. The first-order chi connectivity index (χ1) is 11.1. The largest absolute Gasteiger partial charge is 0.355 e. The van der Waals surface area contributed by atoms with Gasteiger partial charge in [0.15, 0.2) is 5.16 Å². The van der Waals surface area contributed by atoms with Crippen LogP contribution >= 0.6 is 27.7 Å². The van der Waals surface area contributed by atoms with E-state index >= 15 is 0 Å². The second-order valence-corrected chi connectivity index (χ2v) is 7.58. The zero-order valence-electron chi connectivity index (χ0n) is 12.8. The minimum Gasteiger partial charge on any atom is -0.355 e. The maximum Gasteiger partial charge on any atom is 0.262 e. The van der Waals surface area contributed by atoms with Crippen LogP contribution in [0.15, 0.2) is 32.6 Å². The van der Waals surface area contributed by atoms with Crippen molar-refractivity contribution in [2.45, 2.75) is 43.1 Å². The molecule has 1 atom stereocenters. The Balaban J connectivity index is 2.04. The molecule has 1 aliphatic rings. The van der Waals surface area contributed by atoms with Crippen LogP contribution in [0.5, 0.6) is 0 Å². The van der Waals surface area contributed by atoms with Gasteiger partial charge in [-0.05, 0) is 38.0 Å². The summed E-state index contributed by atoms with van der Waals surface area (Å²) in [5.41, 5.74) is 0.606. The Morgan fingerprint density at radius 3 is 3.00 bits per heavy atom. The number of nitrogens with one attached hydrogen (secondary N) is 1. The van der Waals surface area contributed by atoms with E-state index in [1.165, 1.54) is 11.8 Å². The first kappa shape index (κ1) is 16.5. The zero-order valence-corrected chi connectivity index (χ0v) is 15.2. The van der Waals surface area contributed by atoms with Gasteiger partial charge in [-0.2, -0.15) is 0 Å². The molecule has 0 saturated carbocycles. The second kappa shape index (κ2) is 7.05. The van der Waals surface area contributed by atoms with E-state index in [-0.39, 0.29) is 16.7 Å². The van der Waals surface area contributed by atoms with Crippen LogP contribution in [0.4, 0.5) is 0 Å². The predicted molar refractivity (Wildman–Crippen MR) is 95.9 cm³/mol. The maximum absolute atomic E-state index is 12.7. The quantitative estimate of drug-likeness (QED) is 0.811. The van der Waals surface area contributed by atoms with E-state index in [1.54, 1.807) is 10.6 Å². The predicted octanol–water partition coefficient (Wildman–Crippen LogP) is 2.94. The van der Waals surface area contributed by atoms with E-state index in [0.29, 0.717) is 22.6 Å². The number of rotatable bonds is 3. The highest BCUT2D eigenvalue weighted by Crippen LogP contribution is 2.27. The molecule has 2 aromatic rings. The van der Waals surface area contributed by atoms with Gasteiger partial charge in [0.1, 0.15) is 0 Å². The van der Waals surface area contributed by atoms with Crippen molar-refractivity contribution in [1.29, 1.82) is 0 Å². The van der Waals surface area contributed by atoms with Crippen LogP contribution in [0.1, 0.15) is 26.2 Å². The van der Waals surface area contributed by atoms with Gasteiger partial charge < -0.3 is 5.32 Å². The van der Waals surface area contributed by atoms with Crippen LogP contribution in [0.2, 0.25) is 0 Å². The summed E-state index contributed by atoms with van der Waals surface area (Å²) in [6.07, 6.45) is 2.82. The van der Waals surface area contributed by atoms with Gasteiger partial charge in [0.25, 0.3) is 5.56 Å². The van der Waals surface area contributed by atoms with Crippen LogP contribution in [0.3, 0.4) is 0 Å². The molecule has 5 nitrogen and oxygen atoms in total. The van der Waals surface area contributed by atoms with Gasteiger partial charge in [0.2, 0.25) is 5.91 Å². The zero-order chi connectivity index (χ0) is 16.4. The van der Waals surface area contributed by atoms with E-state index in [9.17, 15) is 9.59 Å². The molecule has 23 heavy (non-hydrogen) atoms. The number of aromatic nitrogens is 2. The number of nitrogens with zero attached hydrogens (tertiary/aromatic N) is 2. The Morgan fingerprint density at radius 1 is 1.39 bits per heavy atom. The fraction of sp³-hybridized carbons (Fsp3) is 0.438. The lowest BCUT2D eigenvalue weighted by atomic mass is 10.2. The number of carbonyl (C=O) groups is 1. The summed E-state index contributed by atoms with van der Waals surface area (Å²) in [5.74, 6) is 0.0419. The van der Waals surface area contributed by atoms with E-state index in [1.807, 2.05) is 19.1 Å². The van der Waals surface area contributed by atoms with E-state index < -0.39 is 0 Å². The topological polar surface area (TPSA) is 64.0 Å². The first-order valence-electron chi connectivity index (χ1n) is 7.74. The fourth-order valence-corrected chi connectivity index (χ4v) is 4.27. The van der Waals surface area contributed by atoms with Crippen molar-refractivity contribution in [1.82, 2.24) is 14.9 Å². The molecule has 0 radical (unpaired) electrons. The standard InChI is InChI=1S/C16H18BrN3O2S/c1-2-20-15(22)11-9-10(17)6-7-12(11)19-16(20)23-13-5-3-4-8-18-14(13)21/h6-7,9,13H,2-5,8H2,1H3,(H,18,21). The highest BCUT2D eigenvalue weighted by Gasteiger charge is 2.24. The summed E-state index contributed by atoms with van der Waals surface area (Å²) in [5, 5.41) is 3.96. The Labute approximate surface area is 147 Å². The Bertz CT molecular complexity index is 806. The van der Waals surface area contributed by atoms with Crippen molar-refractivity contribution >= 4 is 44.5 Å². The molecule has 7 heteroatoms. The molecule has 3 rings (SSSR count). The minimum atomic E-state index is -0.185. The number of hydrogen-bond acceptors (Lipinski definition) is 4. The van der Waals surface area contributed by atoms with Gasteiger partial charge in [-0.15, -0.1) is 0 Å². The SMILES string of the molecule is CCn1c(SC2CCCCNC2=O)nc2ccc(Br)cc2c1=O. The molecule has 2 heterocycles. The molecule has 1 aromatic heterocycles. The first-order valence-corrected chi connectivity index (χ1v) is 9.42. The van der Waals surface area contributed by atoms with Crippen molar-refractivity contribution < 1.29 is 4.79 Å². The number of fused-ring (bicyclic) bond motifs is 1. The van der Waals surface area contributed by atoms with Crippen molar-refractivity contribution in [3.8, 4) is 0 Å². The summed E-state index contributed by atoms with van der Waals surface area (Å²) in [4.78, 5) is 29.5. The highest BCUT2D eigenvalue weighted by molar-refractivity contribution is 9.10. The lowest BCUT2D eigenvalue weighted by molar-refractivity contribution is -0.120. The monoisotopic (exact) mass is 395 g/mol. The molecule has 122 valence electrons. The molecule has 1 N–H and O–H groups in total. The Hall–Kier alpha value is -1.34. The third-order valence-corrected chi connectivity index (χ3v) is 5.68. The number of hydrogen-bond donors (Lipinski definition) is 1. The van der Waals surface area contributed by atoms with Gasteiger partial charge in [-0.1, -0.05) is 34.1 Å². The van der Waals surface area contributed by atoms with Crippen molar-refractivity contribution in [2.24, 2.45) is 0 Å². The van der Waals surface area contributed by atoms with Crippen LogP contribution in [-0.2, 0) is 11.3 Å². The third kappa shape index (κ3) is 3.45. The summed E-state index contributed by atoms with van der Waals surface area (Å²) < 4.78 is 2.51. The number of thioether (sulfide) groups is 1. The van der Waals surface area contributed by atoms with Crippen LogP contribution in [0, 0.1) is 0 Å². The van der Waals surface area contributed by atoms with Crippen LogP contribution < -0.4 is 10.9 Å². The molecule has 1 amide bonds. The fourth-order valence-electron chi connectivity index (χ4n) is 2.69. The Kier molecular flexibility index (Phi) is 5.06. The van der Waals surface area contributed by atoms with E-state index in [0.717, 1.165) is 30.3 Å². The molecule has 1 unspecified atom stereocenters. The van der Waals surface area contributed by atoms with Crippen LogP contribution in [-0.4, -0.2) is 27.3 Å². The molecule has 1 saturated heterocycles. The molecule has 1 aliphatic heterocycles. The average molecular weight is 396 g/mol. The number of amides is 1. The Morgan fingerprint density at radius 2 is 2.22 bits per heavy atom. The van der Waals surface area contributed by atoms with Crippen molar-refractivity contribution in [3.05, 3.63) is 33.0 Å². The molecular weight excluding hydrogens is 378 g/mol. The van der Waals surface area contributed by atoms with E-state index in [4.69, 9.17) is 0 Å². The number of benzene rings is 1. The highest BCUT2D eigenvalue weighted by atomic mass is 79.9. The molecule has 0 aliphatic carbocycles. The molecule has 1 fully saturated rings. The summed E-state index contributed by atoms with van der Waals surface area (Å²) >= 11 is 4.79. The van der Waals surface area contributed by atoms with Crippen LogP contribution in [0.25, 0.3) is 10.9 Å². The number of carbonyl (C=O) groups excluding carboxylic acids is 1. The summed E-state index contributed by atoms with van der Waals surface area (Å²) in [6.45, 7) is 3.19. The molecular formula is C16H18BrN3O2S. The molecule has 0 spiro atoms.